The third-order valence-electron chi connectivity index (χ3n) is 4.14. The van der Waals surface area contributed by atoms with E-state index in [0.29, 0.717) is 11.6 Å². The number of rotatable bonds is 4. The largest absolute Gasteiger partial charge is 0.387 e. The van der Waals surface area contributed by atoms with Gasteiger partial charge in [-0.15, -0.1) is 0 Å². The number of halogens is 1. The molecule has 0 aliphatic heterocycles. The van der Waals surface area contributed by atoms with Crippen LogP contribution in [0.25, 0.3) is 0 Å². The molecule has 1 aliphatic rings. The monoisotopic (exact) mass is 301 g/mol. The van der Waals surface area contributed by atoms with Gasteiger partial charge >= 0.3 is 0 Å². The van der Waals surface area contributed by atoms with E-state index in [1.54, 1.807) is 0 Å². The number of aliphatic hydroxyl groups excluding tert-OH is 1. The molecule has 2 aromatic rings. The van der Waals surface area contributed by atoms with Crippen molar-refractivity contribution in [2.75, 3.05) is 11.9 Å². The summed E-state index contributed by atoms with van der Waals surface area (Å²) in [6, 6.07) is 13.8. The highest BCUT2D eigenvalue weighted by Crippen LogP contribution is 2.28. The van der Waals surface area contributed by atoms with E-state index >= 15 is 0 Å². The highest BCUT2D eigenvalue weighted by Gasteiger charge is 2.14. The second kappa shape index (κ2) is 6.50. The molecule has 1 aliphatic carbocycles. The van der Waals surface area contributed by atoms with Crippen molar-refractivity contribution >= 4 is 17.3 Å². The predicted octanol–water partition coefficient (Wildman–Crippen LogP) is 4.36. The summed E-state index contributed by atoms with van der Waals surface area (Å²) in [6.45, 7) is 0.512. The first kappa shape index (κ1) is 14.4. The molecule has 0 spiro atoms. The SMILES string of the molecule is OC(CNc1cccc2c1CCCC2)c1ccc(Cl)cc1. The molecule has 0 fully saturated rings. The summed E-state index contributed by atoms with van der Waals surface area (Å²) < 4.78 is 0. The third-order valence-corrected chi connectivity index (χ3v) is 4.39. The van der Waals surface area contributed by atoms with Crippen molar-refractivity contribution in [1.29, 1.82) is 0 Å². The Labute approximate surface area is 130 Å². The van der Waals surface area contributed by atoms with Crippen molar-refractivity contribution in [3.63, 3.8) is 0 Å². The second-order valence-corrected chi connectivity index (χ2v) is 6.04. The van der Waals surface area contributed by atoms with Crippen LogP contribution in [0.3, 0.4) is 0 Å². The molecule has 3 heteroatoms. The first-order chi connectivity index (χ1) is 10.2. The fourth-order valence-electron chi connectivity index (χ4n) is 2.96. The van der Waals surface area contributed by atoms with Gasteiger partial charge < -0.3 is 10.4 Å². The Morgan fingerprint density at radius 3 is 2.62 bits per heavy atom. The van der Waals surface area contributed by atoms with E-state index in [9.17, 15) is 5.11 Å². The number of benzene rings is 2. The standard InChI is InChI=1S/C18H20ClNO/c19-15-10-8-14(9-11-15)18(21)12-20-17-7-3-5-13-4-1-2-6-16(13)17/h3,5,7-11,18,20-21H,1-2,4,6,12H2. The van der Waals surface area contributed by atoms with Crippen LogP contribution in [0.2, 0.25) is 5.02 Å². The lowest BCUT2D eigenvalue weighted by Crippen LogP contribution is -2.15. The zero-order valence-corrected chi connectivity index (χ0v) is 12.7. The molecular weight excluding hydrogens is 282 g/mol. The summed E-state index contributed by atoms with van der Waals surface area (Å²) in [4.78, 5) is 0. The minimum absolute atomic E-state index is 0.512. The van der Waals surface area contributed by atoms with Crippen LogP contribution in [0.5, 0.6) is 0 Å². The maximum atomic E-state index is 10.3. The molecule has 0 saturated carbocycles. The Hall–Kier alpha value is -1.51. The fourth-order valence-corrected chi connectivity index (χ4v) is 3.08. The van der Waals surface area contributed by atoms with Gasteiger partial charge in [-0.2, -0.15) is 0 Å². The lowest BCUT2D eigenvalue weighted by molar-refractivity contribution is 0.191. The van der Waals surface area contributed by atoms with Crippen LogP contribution in [0, 0.1) is 0 Å². The van der Waals surface area contributed by atoms with Gasteiger partial charge in [0.1, 0.15) is 0 Å². The average molecular weight is 302 g/mol. The lowest BCUT2D eigenvalue weighted by atomic mass is 9.90. The van der Waals surface area contributed by atoms with Crippen molar-refractivity contribution in [1.82, 2.24) is 0 Å². The van der Waals surface area contributed by atoms with Gasteiger partial charge in [0.2, 0.25) is 0 Å². The van der Waals surface area contributed by atoms with Crippen LogP contribution in [0.4, 0.5) is 5.69 Å². The fraction of sp³-hybridized carbons (Fsp3) is 0.333. The van der Waals surface area contributed by atoms with Crippen molar-refractivity contribution in [3.05, 3.63) is 64.2 Å². The topological polar surface area (TPSA) is 32.3 Å². The highest BCUT2D eigenvalue weighted by molar-refractivity contribution is 6.30. The van der Waals surface area contributed by atoms with E-state index < -0.39 is 6.10 Å². The molecular formula is C18H20ClNO. The first-order valence-corrected chi connectivity index (χ1v) is 7.90. The minimum atomic E-state index is -0.526. The molecule has 1 unspecified atom stereocenters. The van der Waals surface area contributed by atoms with E-state index in [4.69, 9.17) is 11.6 Å². The van der Waals surface area contributed by atoms with E-state index in [0.717, 1.165) is 12.0 Å². The quantitative estimate of drug-likeness (QED) is 0.879. The van der Waals surface area contributed by atoms with Crippen LogP contribution in [0.15, 0.2) is 42.5 Å². The van der Waals surface area contributed by atoms with Crippen molar-refractivity contribution in [2.24, 2.45) is 0 Å². The first-order valence-electron chi connectivity index (χ1n) is 7.52. The molecule has 2 aromatic carbocycles. The zero-order valence-electron chi connectivity index (χ0n) is 12.0. The summed E-state index contributed by atoms with van der Waals surface area (Å²) in [5.74, 6) is 0. The third kappa shape index (κ3) is 3.39. The Morgan fingerprint density at radius 2 is 1.81 bits per heavy atom. The number of aryl methyl sites for hydroxylation is 1. The second-order valence-electron chi connectivity index (χ2n) is 5.60. The molecule has 2 N–H and O–H groups in total. The molecule has 2 nitrogen and oxygen atoms in total. The summed E-state index contributed by atoms with van der Waals surface area (Å²) in [5.41, 5.74) is 4.93. The average Bonchev–Trinajstić information content (AvgIpc) is 2.53. The Balaban J connectivity index is 1.69. The highest BCUT2D eigenvalue weighted by atomic mass is 35.5. The lowest BCUT2D eigenvalue weighted by Gasteiger charge is -2.21. The van der Waals surface area contributed by atoms with Gasteiger partial charge in [0, 0.05) is 17.3 Å². The van der Waals surface area contributed by atoms with E-state index in [1.807, 2.05) is 24.3 Å². The molecule has 21 heavy (non-hydrogen) atoms. The van der Waals surface area contributed by atoms with Crippen LogP contribution in [-0.2, 0) is 12.8 Å². The molecule has 0 heterocycles. The number of anilines is 1. The van der Waals surface area contributed by atoms with Crippen molar-refractivity contribution < 1.29 is 5.11 Å². The number of hydrogen-bond acceptors (Lipinski definition) is 2. The molecule has 0 bridgehead atoms. The number of fused-ring (bicyclic) bond motifs is 1. The van der Waals surface area contributed by atoms with Gasteiger partial charge in [-0.1, -0.05) is 35.9 Å². The normalized spacial score (nSPS) is 15.3. The van der Waals surface area contributed by atoms with Crippen molar-refractivity contribution in [2.45, 2.75) is 31.8 Å². The van der Waals surface area contributed by atoms with Gasteiger partial charge in [-0.05, 0) is 60.6 Å². The molecule has 110 valence electrons. The summed E-state index contributed by atoms with van der Waals surface area (Å²) in [5, 5.41) is 14.4. The van der Waals surface area contributed by atoms with E-state index in [-0.39, 0.29) is 0 Å². The molecule has 0 saturated heterocycles. The zero-order chi connectivity index (χ0) is 14.7. The van der Waals surface area contributed by atoms with E-state index in [1.165, 1.54) is 36.1 Å². The Bertz CT molecular complexity index is 609. The molecule has 1 atom stereocenters. The van der Waals surface area contributed by atoms with Crippen LogP contribution < -0.4 is 5.32 Å². The number of nitrogens with one attached hydrogen (secondary N) is 1. The van der Waals surface area contributed by atoms with Crippen LogP contribution in [0.1, 0.15) is 35.6 Å². The van der Waals surface area contributed by atoms with Crippen LogP contribution >= 0.6 is 11.6 Å². The maximum Gasteiger partial charge on any atom is 0.0962 e. The predicted molar refractivity (Wildman–Crippen MR) is 88.0 cm³/mol. The minimum Gasteiger partial charge on any atom is -0.387 e. The molecule has 3 rings (SSSR count). The van der Waals surface area contributed by atoms with Gasteiger partial charge in [0.25, 0.3) is 0 Å². The molecule has 0 amide bonds. The number of hydrogen-bond donors (Lipinski definition) is 2. The Kier molecular flexibility index (Phi) is 4.47. The van der Waals surface area contributed by atoms with Gasteiger partial charge in [0.05, 0.1) is 6.10 Å². The van der Waals surface area contributed by atoms with Crippen molar-refractivity contribution in [3.8, 4) is 0 Å². The summed E-state index contributed by atoms with van der Waals surface area (Å²) in [7, 11) is 0. The van der Waals surface area contributed by atoms with Gasteiger partial charge in [-0.25, -0.2) is 0 Å². The number of aliphatic hydroxyl groups is 1. The molecule has 0 aromatic heterocycles. The smallest absolute Gasteiger partial charge is 0.0962 e. The maximum absolute atomic E-state index is 10.3. The van der Waals surface area contributed by atoms with Gasteiger partial charge in [-0.3, -0.25) is 0 Å². The van der Waals surface area contributed by atoms with Crippen LogP contribution in [-0.4, -0.2) is 11.7 Å². The summed E-state index contributed by atoms with van der Waals surface area (Å²) >= 11 is 5.87. The molecule has 0 radical (unpaired) electrons. The Morgan fingerprint density at radius 1 is 1.05 bits per heavy atom. The van der Waals surface area contributed by atoms with E-state index in [2.05, 4.69) is 23.5 Å². The summed E-state index contributed by atoms with van der Waals surface area (Å²) in [6.07, 6.45) is 4.32. The van der Waals surface area contributed by atoms with Gasteiger partial charge in [0.15, 0.2) is 0 Å².